The molecule has 0 radical (unpaired) electrons. The van der Waals surface area contributed by atoms with Gasteiger partial charge in [0.1, 0.15) is 0 Å². The van der Waals surface area contributed by atoms with E-state index in [1.807, 2.05) is 0 Å². The quantitative estimate of drug-likeness (QED) is 0.125. The van der Waals surface area contributed by atoms with Crippen molar-refractivity contribution in [2.45, 2.75) is 6.54 Å². The van der Waals surface area contributed by atoms with Crippen LogP contribution in [0.3, 0.4) is 0 Å². The summed E-state index contributed by atoms with van der Waals surface area (Å²) in [4.78, 5) is 2.45. The standard InChI is InChI=1S/C71H50N2/c1-3-16-50(17-4-1)53-36-42-61(43-37-53)72(62-44-38-55(39-45-62)52-32-34-57(35-33-52)66-28-14-22-56-20-7-10-26-65(56)66)49-60-21-8-9-25-64(60)58-23-13-24-59(48-58)67-29-15-31-70-71(67)68-27-11-12-30-69(68)73(70)63-46-40-54(41-47-63)51-18-5-2-6-19-51/h1-48H,49H2. The molecular formula is C71H50N2. The normalized spacial score (nSPS) is 11.3. The molecule has 0 bridgehead atoms. The van der Waals surface area contributed by atoms with Crippen molar-refractivity contribution in [1.29, 1.82) is 0 Å². The Balaban J connectivity index is 0.849. The first-order valence-corrected chi connectivity index (χ1v) is 25.2. The molecule has 0 amide bonds. The predicted octanol–water partition coefficient (Wildman–Crippen LogP) is 19.3. The molecule has 0 N–H and O–H groups in total. The number of para-hydroxylation sites is 1. The topological polar surface area (TPSA) is 8.17 Å². The predicted molar refractivity (Wildman–Crippen MR) is 310 cm³/mol. The van der Waals surface area contributed by atoms with Gasteiger partial charge in [-0.2, -0.15) is 0 Å². The SMILES string of the molecule is c1ccc(-c2ccc(N(Cc3ccccc3-c3cccc(-c4cccc5c4c4ccccc4n5-c4ccc(-c5ccccc5)cc4)c3)c3ccc(-c4ccc(-c5cccc6ccccc56)cc4)cc3)cc2)cc1. The molecule has 0 spiro atoms. The highest BCUT2D eigenvalue weighted by Crippen LogP contribution is 2.41. The second-order valence-electron chi connectivity index (χ2n) is 18.9. The minimum atomic E-state index is 0.677. The van der Waals surface area contributed by atoms with Gasteiger partial charge < -0.3 is 9.47 Å². The molecule has 73 heavy (non-hydrogen) atoms. The van der Waals surface area contributed by atoms with Crippen LogP contribution in [0.5, 0.6) is 0 Å². The van der Waals surface area contributed by atoms with Crippen molar-refractivity contribution < 1.29 is 0 Å². The van der Waals surface area contributed by atoms with Crippen LogP contribution in [0.15, 0.2) is 291 Å². The zero-order chi connectivity index (χ0) is 48.5. The third kappa shape index (κ3) is 8.35. The maximum Gasteiger partial charge on any atom is 0.0547 e. The Morgan fingerprint density at radius 2 is 0.699 bits per heavy atom. The van der Waals surface area contributed by atoms with E-state index in [9.17, 15) is 0 Å². The van der Waals surface area contributed by atoms with Gasteiger partial charge in [-0.05, 0) is 138 Å². The molecule has 344 valence electrons. The van der Waals surface area contributed by atoms with Gasteiger partial charge in [0.05, 0.1) is 11.0 Å². The van der Waals surface area contributed by atoms with Crippen LogP contribution < -0.4 is 4.90 Å². The molecule has 12 aromatic carbocycles. The summed E-state index contributed by atoms with van der Waals surface area (Å²) in [6.45, 7) is 0.677. The van der Waals surface area contributed by atoms with E-state index in [0.717, 1.165) is 17.1 Å². The number of anilines is 2. The molecule has 0 aliphatic heterocycles. The molecule has 1 heterocycles. The van der Waals surface area contributed by atoms with Crippen LogP contribution >= 0.6 is 0 Å². The molecule has 0 fully saturated rings. The van der Waals surface area contributed by atoms with Crippen molar-refractivity contribution in [3.05, 3.63) is 297 Å². The molecule has 13 aromatic rings. The lowest BCUT2D eigenvalue weighted by Crippen LogP contribution is -2.17. The van der Waals surface area contributed by atoms with Crippen molar-refractivity contribution in [1.82, 2.24) is 4.57 Å². The van der Waals surface area contributed by atoms with Crippen LogP contribution in [0.1, 0.15) is 5.56 Å². The van der Waals surface area contributed by atoms with Gasteiger partial charge in [-0.15, -0.1) is 0 Å². The summed E-state index contributed by atoms with van der Waals surface area (Å²) in [5.41, 5.74) is 21.5. The van der Waals surface area contributed by atoms with E-state index in [1.54, 1.807) is 0 Å². The van der Waals surface area contributed by atoms with Gasteiger partial charge in [0.15, 0.2) is 0 Å². The van der Waals surface area contributed by atoms with E-state index in [1.165, 1.54) is 105 Å². The zero-order valence-corrected chi connectivity index (χ0v) is 40.3. The Morgan fingerprint density at radius 3 is 1.37 bits per heavy atom. The highest BCUT2D eigenvalue weighted by atomic mass is 15.1. The summed E-state index contributed by atoms with van der Waals surface area (Å²) in [5, 5.41) is 5.02. The molecule has 0 saturated heterocycles. The third-order valence-corrected chi connectivity index (χ3v) is 14.5. The Hall–Kier alpha value is -9.50. The largest absolute Gasteiger partial charge is 0.337 e. The van der Waals surface area contributed by atoms with E-state index < -0.39 is 0 Å². The lowest BCUT2D eigenvalue weighted by Gasteiger charge is -2.27. The Bertz CT molecular complexity index is 4050. The smallest absolute Gasteiger partial charge is 0.0547 e. The molecular weight excluding hydrogens is 881 g/mol. The van der Waals surface area contributed by atoms with Crippen molar-refractivity contribution in [3.8, 4) is 72.4 Å². The lowest BCUT2D eigenvalue weighted by atomic mass is 9.93. The Labute approximate surface area is 427 Å². The first-order chi connectivity index (χ1) is 36.2. The summed E-state index contributed by atoms with van der Waals surface area (Å²) in [6.07, 6.45) is 0. The Morgan fingerprint density at radius 1 is 0.274 bits per heavy atom. The van der Waals surface area contributed by atoms with Gasteiger partial charge in [0, 0.05) is 34.4 Å². The molecule has 0 aliphatic rings. The van der Waals surface area contributed by atoms with Gasteiger partial charge >= 0.3 is 0 Å². The van der Waals surface area contributed by atoms with E-state index in [4.69, 9.17) is 0 Å². The van der Waals surface area contributed by atoms with Gasteiger partial charge in [-0.25, -0.2) is 0 Å². The molecule has 1 aromatic heterocycles. The molecule has 0 atom stereocenters. The van der Waals surface area contributed by atoms with Crippen LogP contribution in [0.4, 0.5) is 11.4 Å². The number of hydrogen-bond acceptors (Lipinski definition) is 1. The zero-order valence-electron chi connectivity index (χ0n) is 40.3. The maximum absolute atomic E-state index is 2.45. The molecule has 13 rings (SSSR count). The number of nitrogens with zero attached hydrogens (tertiary/aromatic N) is 2. The third-order valence-electron chi connectivity index (χ3n) is 14.5. The molecule has 2 nitrogen and oxygen atoms in total. The van der Waals surface area contributed by atoms with Crippen molar-refractivity contribution in [2.75, 3.05) is 4.90 Å². The van der Waals surface area contributed by atoms with Crippen LogP contribution in [0.2, 0.25) is 0 Å². The van der Waals surface area contributed by atoms with Crippen molar-refractivity contribution >= 4 is 44.0 Å². The number of fused-ring (bicyclic) bond motifs is 4. The van der Waals surface area contributed by atoms with Crippen LogP contribution in [-0.2, 0) is 6.54 Å². The average Bonchev–Trinajstić information content (AvgIpc) is 3.82. The van der Waals surface area contributed by atoms with Crippen LogP contribution in [-0.4, -0.2) is 4.57 Å². The van der Waals surface area contributed by atoms with Crippen LogP contribution in [0.25, 0.3) is 105 Å². The lowest BCUT2D eigenvalue weighted by molar-refractivity contribution is 0.977. The number of aromatic nitrogens is 1. The first kappa shape index (κ1) is 43.5. The fourth-order valence-electron chi connectivity index (χ4n) is 10.9. The number of rotatable bonds is 11. The number of hydrogen-bond donors (Lipinski definition) is 0. The van der Waals surface area contributed by atoms with Gasteiger partial charge in [-0.3, -0.25) is 0 Å². The van der Waals surface area contributed by atoms with E-state index >= 15 is 0 Å². The summed E-state index contributed by atoms with van der Waals surface area (Å²) in [6, 6.07) is 106. The monoisotopic (exact) mass is 930 g/mol. The molecule has 0 saturated carbocycles. The van der Waals surface area contributed by atoms with E-state index in [0.29, 0.717) is 6.54 Å². The second kappa shape index (κ2) is 19.0. The highest BCUT2D eigenvalue weighted by molar-refractivity contribution is 6.16. The maximum atomic E-state index is 2.45. The van der Waals surface area contributed by atoms with Crippen LogP contribution in [0, 0.1) is 0 Å². The fourth-order valence-corrected chi connectivity index (χ4v) is 10.9. The van der Waals surface area contributed by atoms with Gasteiger partial charge in [-0.1, -0.05) is 237 Å². The second-order valence-corrected chi connectivity index (χ2v) is 18.9. The number of benzene rings is 12. The fraction of sp³-hybridized carbons (Fsp3) is 0.0141. The average molecular weight is 931 g/mol. The Kier molecular flexibility index (Phi) is 11.3. The summed E-state index contributed by atoms with van der Waals surface area (Å²) in [5.74, 6) is 0. The van der Waals surface area contributed by atoms with Gasteiger partial charge in [0.25, 0.3) is 0 Å². The summed E-state index contributed by atoms with van der Waals surface area (Å²) in [7, 11) is 0. The van der Waals surface area contributed by atoms with Gasteiger partial charge in [0.2, 0.25) is 0 Å². The minimum absolute atomic E-state index is 0.677. The first-order valence-electron chi connectivity index (χ1n) is 25.2. The molecule has 0 aliphatic carbocycles. The van der Waals surface area contributed by atoms with Crippen molar-refractivity contribution in [2.24, 2.45) is 0 Å². The molecule has 0 unspecified atom stereocenters. The minimum Gasteiger partial charge on any atom is -0.337 e. The van der Waals surface area contributed by atoms with E-state index in [2.05, 4.69) is 301 Å². The van der Waals surface area contributed by atoms with Crippen molar-refractivity contribution in [3.63, 3.8) is 0 Å². The van der Waals surface area contributed by atoms with E-state index in [-0.39, 0.29) is 0 Å². The summed E-state index contributed by atoms with van der Waals surface area (Å²) >= 11 is 0. The summed E-state index contributed by atoms with van der Waals surface area (Å²) < 4.78 is 2.42. The molecule has 2 heteroatoms. The highest BCUT2D eigenvalue weighted by Gasteiger charge is 2.19.